The topological polar surface area (TPSA) is 90.8 Å². The Labute approximate surface area is 105 Å². The molecule has 2 heterocycles. The second kappa shape index (κ2) is 5.01. The number of nitrogens with zero attached hydrogens (tertiary/aromatic N) is 4. The Balaban J connectivity index is 2.01. The summed E-state index contributed by atoms with van der Waals surface area (Å²) in [7, 11) is 0. The Hall–Kier alpha value is -2.15. The van der Waals surface area contributed by atoms with E-state index in [0.29, 0.717) is 12.2 Å². The maximum absolute atomic E-state index is 11.8. The summed E-state index contributed by atoms with van der Waals surface area (Å²) >= 11 is 0. The molecule has 0 unspecified atom stereocenters. The van der Waals surface area contributed by atoms with E-state index in [1.807, 2.05) is 26.0 Å². The van der Waals surface area contributed by atoms with E-state index in [4.69, 9.17) is 5.73 Å². The second-order valence-corrected chi connectivity index (χ2v) is 4.10. The summed E-state index contributed by atoms with van der Waals surface area (Å²) in [5.74, 6) is -0.161. The van der Waals surface area contributed by atoms with Crippen LogP contribution >= 0.6 is 0 Å². The van der Waals surface area contributed by atoms with Crippen molar-refractivity contribution in [3.05, 3.63) is 35.4 Å². The lowest BCUT2D eigenvalue weighted by Gasteiger charge is -2.10. The fourth-order valence-electron chi connectivity index (χ4n) is 1.66. The average molecular weight is 248 g/mol. The molecule has 0 aliphatic carbocycles. The minimum atomic E-state index is -0.161. The molecule has 2 rings (SSSR count). The van der Waals surface area contributed by atoms with Gasteiger partial charge in [-0.15, -0.1) is 5.10 Å². The molecule has 7 nitrogen and oxygen atoms in total. The van der Waals surface area contributed by atoms with Crippen LogP contribution in [0.2, 0.25) is 0 Å². The van der Waals surface area contributed by atoms with Crippen LogP contribution in [0.4, 0.5) is 0 Å². The molecule has 0 aliphatic rings. The molecular weight excluding hydrogens is 232 g/mol. The van der Waals surface area contributed by atoms with E-state index in [9.17, 15) is 4.79 Å². The maximum Gasteiger partial charge on any atom is 0.260 e. The number of carbonyl (C=O) groups excluding carboxylic acids is 1. The number of hydrogen-bond donors (Lipinski definition) is 2. The smallest absolute Gasteiger partial charge is 0.260 e. The van der Waals surface area contributed by atoms with E-state index in [0.717, 1.165) is 11.4 Å². The van der Waals surface area contributed by atoms with Crippen molar-refractivity contribution in [2.45, 2.75) is 26.9 Å². The first-order chi connectivity index (χ1) is 8.60. The molecule has 0 atom stereocenters. The van der Waals surface area contributed by atoms with Crippen LogP contribution in [0.1, 0.15) is 17.1 Å². The number of nitrogens with two attached hydrogens (primary N) is 1. The standard InChI is InChI=1S/C11H16N6O/c1-8-3-4-9(2)17(8)14-11(18)7-16-6-10(5-12)13-15-16/h3-4,6H,5,7,12H2,1-2H3,(H,14,18). The van der Waals surface area contributed by atoms with Crippen molar-refractivity contribution >= 4 is 5.91 Å². The summed E-state index contributed by atoms with van der Waals surface area (Å²) in [6.45, 7) is 4.28. The number of carbonyl (C=O) groups is 1. The van der Waals surface area contributed by atoms with Gasteiger partial charge in [-0.2, -0.15) is 0 Å². The molecule has 0 saturated heterocycles. The quantitative estimate of drug-likeness (QED) is 0.792. The Morgan fingerprint density at radius 3 is 2.61 bits per heavy atom. The molecule has 0 aromatic carbocycles. The van der Waals surface area contributed by atoms with E-state index in [1.165, 1.54) is 4.68 Å². The highest BCUT2D eigenvalue weighted by Crippen LogP contribution is 2.04. The average Bonchev–Trinajstić information content (AvgIpc) is 2.91. The molecule has 0 saturated carbocycles. The lowest BCUT2D eigenvalue weighted by atomic mass is 10.5. The van der Waals surface area contributed by atoms with Crippen LogP contribution in [0.3, 0.4) is 0 Å². The summed E-state index contributed by atoms with van der Waals surface area (Å²) in [6, 6.07) is 3.88. The van der Waals surface area contributed by atoms with Gasteiger partial charge in [0.25, 0.3) is 5.91 Å². The highest BCUT2D eigenvalue weighted by atomic mass is 16.2. The van der Waals surface area contributed by atoms with Crippen LogP contribution in [-0.2, 0) is 17.9 Å². The number of amides is 1. The van der Waals surface area contributed by atoms with Crippen LogP contribution in [-0.4, -0.2) is 25.6 Å². The predicted octanol–water partition coefficient (Wildman–Crippen LogP) is -0.0746. The second-order valence-electron chi connectivity index (χ2n) is 4.10. The van der Waals surface area contributed by atoms with Gasteiger partial charge in [0, 0.05) is 17.9 Å². The minimum Gasteiger partial charge on any atom is -0.325 e. The summed E-state index contributed by atoms with van der Waals surface area (Å²) < 4.78 is 3.20. The number of rotatable bonds is 4. The van der Waals surface area contributed by atoms with Gasteiger partial charge in [-0.25, -0.2) is 4.68 Å². The van der Waals surface area contributed by atoms with Crippen LogP contribution in [0, 0.1) is 13.8 Å². The molecule has 7 heteroatoms. The molecule has 3 N–H and O–H groups in total. The Bertz CT molecular complexity index is 536. The molecule has 96 valence electrons. The predicted molar refractivity (Wildman–Crippen MR) is 66.2 cm³/mol. The zero-order valence-corrected chi connectivity index (χ0v) is 10.4. The number of nitrogens with one attached hydrogen (secondary N) is 1. The third-order valence-corrected chi connectivity index (χ3v) is 2.61. The van der Waals surface area contributed by atoms with Gasteiger partial charge in [0.15, 0.2) is 0 Å². The molecule has 2 aromatic rings. The monoisotopic (exact) mass is 248 g/mol. The van der Waals surface area contributed by atoms with E-state index < -0.39 is 0 Å². The molecule has 2 aromatic heterocycles. The molecule has 0 fully saturated rings. The van der Waals surface area contributed by atoms with Gasteiger partial charge >= 0.3 is 0 Å². The lowest BCUT2D eigenvalue weighted by molar-refractivity contribution is -0.117. The van der Waals surface area contributed by atoms with Crippen molar-refractivity contribution < 1.29 is 4.79 Å². The highest BCUT2D eigenvalue weighted by Gasteiger charge is 2.08. The van der Waals surface area contributed by atoms with Crippen LogP contribution < -0.4 is 11.2 Å². The third kappa shape index (κ3) is 2.57. The minimum absolute atomic E-state index is 0.115. The first-order valence-electron chi connectivity index (χ1n) is 5.64. The van der Waals surface area contributed by atoms with Gasteiger partial charge in [0.1, 0.15) is 6.54 Å². The zero-order valence-electron chi connectivity index (χ0n) is 10.4. The first kappa shape index (κ1) is 12.3. The molecular formula is C11H16N6O. The lowest BCUT2D eigenvalue weighted by Crippen LogP contribution is -2.28. The van der Waals surface area contributed by atoms with E-state index in [-0.39, 0.29) is 12.5 Å². The molecule has 0 aliphatic heterocycles. The fraction of sp³-hybridized carbons (Fsp3) is 0.364. The van der Waals surface area contributed by atoms with Gasteiger partial charge < -0.3 is 5.73 Å². The largest absolute Gasteiger partial charge is 0.325 e. The summed E-state index contributed by atoms with van der Waals surface area (Å²) in [5, 5.41) is 7.64. The van der Waals surface area contributed by atoms with Crippen LogP contribution in [0.5, 0.6) is 0 Å². The Kier molecular flexibility index (Phi) is 3.42. The van der Waals surface area contributed by atoms with E-state index in [1.54, 1.807) is 10.9 Å². The Morgan fingerprint density at radius 1 is 1.39 bits per heavy atom. The van der Waals surface area contributed by atoms with Crippen molar-refractivity contribution in [2.24, 2.45) is 5.73 Å². The van der Waals surface area contributed by atoms with Crippen LogP contribution in [0.25, 0.3) is 0 Å². The molecule has 0 radical (unpaired) electrons. The maximum atomic E-state index is 11.8. The third-order valence-electron chi connectivity index (χ3n) is 2.61. The van der Waals surface area contributed by atoms with Crippen molar-refractivity contribution in [1.29, 1.82) is 0 Å². The van der Waals surface area contributed by atoms with E-state index in [2.05, 4.69) is 15.7 Å². The van der Waals surface area contributed by atoms with Crippen LogP contribution in [0.15, 0.2) is 18.3 Å². The van der Waals surface area contributed by atoms with Crippen molar-refractivity contribution in [3.63, 3.8) is 0 Å². The number of aromatic nitrogens is 4. The van der Waals surface area contributed by atoms with Gasteiger partial charge in [-0.05, 0) is 26.0 Å². The molecule has 18 heavy (non-hydrogen) atoms. The number of hydrogen-bond acceptors (Lipinski definition) is 4. The fourth-order valence-corrected chi connectivity index (χ4v) is 1.66. The zero-order chi connectivity index (χ0) is 13.1. The van der Waals surface area contributed by atoms with Gasteiger partial charge in [-0.3, -0.25) is 14.9 Å². The first-order valence-corrected chi connectivity index (χ1v) is 5.64. The van der Waals surface area contributed by atoms with E-state index >= 15 is 0 Å². The molecule has 0 bridgehead atoms. The van der Waals surface area contributed by atoms with Gasteiger partial charge in [0.2, 0.25) is 0 Å². The normalized spacial score (nSPS) is 10.6. The number of aryl methyl sites for hydroxylation is 2. The van der Waals surface area contributed by atoms with Crippen molar-refractivity contribution in [1.82, 2.24) is 19.7 Å². The Morgan fingerprint density at radius 2 is 2.06 bits per heavy atom. The van der Waals surface area contributed by atoms with Gasteiger partial charge in [-0.1, -0.05) is 5.21 Å². The molecule has 1 amide bonds. The summed E-state index contributed by atoms with van der Waals surface area (Å²) in [5.41, 5.74) is 10.8. The summed E-state index contributed by atoms with van der Waals surface area (Å²) in [6.07, 6.45) is 1.66. The van der Waals surface area contributed by atoms with Crippen molar-refractivity contribution in [2.75, 3.05) is 5.43 Å². The SMILES string of the molecule is Cc1ccc(C)n1NC(=O)Cn1cc(CN)nn1. The summed E-state index contributed by atoms with van der Waals surface area (Å²) in [4.78, 5) is 11.8. The molecule has 0 spiro atoms. The van der Waals surface area contributed by atoms with Crippen molar-refractivity contribution in [3.8, 4) is 0 Å². The van der Waals surface area contributed by atoms with Gasteiger partial charge in [0.05, 0.1) is 11.9 Å². The highest BCUT2D eigenvalue weighted by molar-refractivity contribution is 5.83.